The predicted octanol–water partition coefficient (Wildman–Crippen LogP) is 9.95. The zero-order valence-electron chi connectivity index (χ0n) is 36.0. The lowest BCUT2D eigenvalue weighted by molar-refractivity contribution is -0.219. The van der Waals surface area contributed by atoms with E-state index < -0.39 is 0 Å². The fraction of sp³-hybridized carbons (Fsp3) is 0.647. The quantitative estimate of drug-likeness (QED) is 0.214. The lowest BCUT2D eigenvalue weighted by Crippen LogP contribution is -2.68. The van der Waals surface area contributed by atoms with E-state index >= 15 is 0 Å². The fourth-order valence-electron chi connectivity index (χ4n) is 15.9. The molecule has 11 atom stereocenters. The third-order valence-corrected chi connectivity index (χ3v) is 18.7. The highest BCUT2D eigenvalue weighted by Gasteiger charge is 2.70. The SMILES string of the molecule is C=C(C)[C@@H]1CC[C@]2(NC(=O)CN3C[C@@H]4C[C@H]3CN4Cc3ccccc3)CC[C@]3(C)[C@H](CC[C@@H]4[C@@]5(C)CC=C(c6ccc(C(=O)OC)cc6)C(C)(C)[C@@H]5CC[C@]43C)[C@@H]12. The average Bonchev–Trinajstić information content (AvgIpc) is 3.88. The van der Waals surface area contributed by atoms with Crippen LogP contribution >= 0.6 is 0 Å². The summed E-state index contributed by atoms with van der Waals surface area (Å²) in [5.74, 6) is 2.74. The first-order chi connectivity index (χ1) is 27.1. The number of nitrogens with zero attached hydrogens (tertiary/aromatic N) is 2. The highest BCUT2D eigenvalue weighted by molar-refractivity contribution is 5.90. The molecule has 7 aliphatic rings. The first-order valence-corrected chi connectivity index (χ1v) is 22.5. The Bertz CT molecular complexity index is 1940. The van der Waals surface area contributed by atoms with E-state index in [1.165, 1.54) is 67.9 Å². The number of esters is 1. The number of carbonyl (C=O) groups is 2. The van der Waals surface area contributed by atoms with Gasteiger partial charge in [-0.1, -0.05) is 95.3 Å². The molecule has 5 aliphatic carbocycles. The Hall–Kier alpha value is -3.22. The van der Waals surface area contributed by atoms with Gasteiger partial charge >= 0.3 is 5.97 Å². The largest absolute Gasteiger partial charge is 0.465 e. The zero-order valence-corrected chi connectivity index (χ0v) is 36.0. The van der Waals surface area contributed by atoms with Crippen LogP contribution in [0.3, 0.4) is 0 Å². The molecule has 306 valence electrons. The number of hydrogen-bond acceptors (Lipinski definition) is 5. The van der Waals surface area contributed by atoms with Crippen molar-refractivity contribution in [3.05, 3.63) is 89.5 Å². The molecule has 9 rings (SSSR count). The van der Waals surface area contributed by atoms with E-state index in [-0.39, 0.29) is 39.1 Å². The van der Waals surface area contributed by atoms with E-state index in [9.17, 15) is 9.59 Å². The van der Waals surface area contributed by atoms with Gasteiger partial charge in [-0.2, -0.15) is 0 Å². The van der Waals surface area contributed by atoms with Crippen LogP contribution in [0.2, 0.25) is 0 Å². The minimum atomic E-state index is -0.281. The average molecular weight is 772 g/mol. The Balaban J connectivity index is 0.931. The smallest absolute Gasteiger partial charge is 0.337 e. The van der Waals surface area contributed by atoms with Crippen LogP contribution in [0.15, 0.2) is 72.8 Å². The second-order valence-corrected chi connectivity index (χ2v) is 21.4. The Kier molecular flexibility index (Phi) is 9.59. The van der Waals surface area contributed by atoms with Crippen molar-refractivity contribution in [1.29, 1.82) is 0 Å². The molecule has 0 spiro atoms. The van der Waals surface area contributed by atoms with Crippen LogP contribution in [-0.4, -0.2) is 66.0 Å². The molecule has 2 bridgehead atoms. The number of amides is 1. The number of nitrogens with one attached hydrogen (secondary N) is 1. The number of fused-ring (bicyclic) bond motifs is 9. The highest BCUT2D eigenvalue weighted by Crippen LogP contribution is 2.76. The van der Waals surface area contributed by atoms with Gasteiger partial charge in [0.25, 0.3) is 0 Å². The van der Waals surface area contributed by atoms with Crippen LogP contribution in [0.25, 0.3) is 5.57 Å². The summed E-state index contributed by atoms with van der Waals surface area (Å²) in [4.78, 5) is 31.6. The number of methoxy groups -OCH3 is 1. The van der Waals surface area contributed by atoms with Crippen molar-refractivity contribution in [2.24, 2.45) is 51.2 Å². The standard InChI is InChI=1S/C51H69N3O3/c1-33(2)39-20-25-51(52-44(55)32-54-31-37-28-38(54)30-53(37)29-34-12-10-9-11-13-34)27-26-49(6)41(45(39)51)18-19-43-48(5)23-21-40(35-14-16-36(17-15-35)46(56)57-8)47(3,4)42(48)22-24-50(43,49)7/h9-17,21,37-39,41-43,45H,1,18-20,22-32H2,2-8H3,(H,52,55)/t37-,38-,39-,41+,42-,43+,45+,48-,49+,50+,51-/m0/s1. The van der Waals surface area contributed by atoms with Crippen LogP contribution in [0.1, 0.15) is 127 Å². The number of likely N-dealkylation sites (tertiary alicyclic amines) is 2. The maximum atomic E-state index is 14.3. The van der Waals surface area contributed by atoms with E-state index in [0.717, 1.165) is 45.3 Å². The second kappa shape index (κ2) is 13.9. The molecule has 6 nitrogen and oxygen atoms in total. The first kappa shape index (κ1) is 39.3. The molecule has 1 N–H and O–H groups in total. The molecule has 6 fully saturated rings. The van der Waals surface area contributed by atoms with E-state index in [1.807, 2.05) is 12.1 Å². The Morgan fingerprint density at radius 1 is 0.825 bits per heavy atom. The number of piperazine rings is 1. The van der Waals surface area contributed by atoms with Crippen LogP contribution in [0.5, 0.6) is 0 Å². The predicted molar refractivity (Wildman–Crippen MR) is 229 cm³/mol. The second-order valence-electron chi connectivity index (χ2n) is 21.4. The van der Waals surface area contributed by atoms with Gasteiger partial charge in [-0.15, -0.1) is 0 Å². The maximum Gasteiger partial charge on any atom is 0.337 e. The van der Waals surface area contributed by atoms with Gasteiger partial charge in [0.1, 0.15) is 0 Å². The summed E-state index contributed by atoms with van der Waals surface area (Å²) in [5, 5.41) is 3.88. The summed E-state index contributed by atoms with van der Waals surface area (Å²) in [6.45, 7) is 23.6. The summed E-state index contributed by atoms with van der Waals surface area (Å²) < 4.78 is 4.99. The third kappa shape index (κ3) is 5.99. The summed E-state index contributed by atoms with van der Waals surface area (Å²) in [6, 6.07) is 20.0. The monoisotopic (exact) mass is 772 g/mol. The van der Waals surface area contributed by atoms with Gasteiger partial charge in [-0.05, 0) is 151 Å². The van der Waals surface area contributed by atoms with Crippen molar-refractivity contribution >= 4 is 17.4 Å². The van der Waals surface area contributed by atoms with E-state index in [0.29, 0.717) is 53.8 Å². The molecule has 2 heterocycles. The van der Waals surface area contributed by atoms with Gasteiger partial charge in [0.05, 0.1) is 19.2 Å². The number of benzene rings is 2. The molecule has 2 saturated heterocycles. The van der Waals surface area contributed by atoms with Crippen LogP contribution in [-0.2, 0) is 16.1 Å². The highest BCUT2D eigenvalue weighted by atomic mass is 16.5. The molecule has 2 aromatic carbocycles. The molecule has 1 amide bonds. The van der Waals surface area contributed by atoms with Crippen molar-refractivity contribution in [2.75, 3.05) is 26.7 Å². The normalized spacial score (nSPS) is 40.6. The topological polar surface area (TPSA) is 61.9 Å². The molecule has 0 aromatic heterocycles. The molecular weight excluding hydrogens is 703 g/mol. The Morgan fingerprint density at radius 2 is 1.54 bits per heavy atom. The van der Waals surface area contributed by atoms with Crippen LogP contribution in [0.4, 0.5) is 0 Å². The summed E-state index contributed by atoms with van der Waals surface area (Å²) in [5.41, 5.74) is 6.56. The number of ether oxygens (including phenoxy) is 1. The van der Waals surface area contributed by atoms with E-state index in [4.69, 9.17) is 4.74 Å². The fourth-order valence-corrected chi connectivity index (χ4v) is 15.9. The summed E-state index contributed by atoms with van der Waals surface area (Å²) >= 11 is 0. The minimum Gasteiger partial charge on any atom is -0.465 e. The van der Waals surface area contributed by atoms with Crippen molar-refractivity contribution in [3.8, 4) is 0 Å². The molecular formula is C51H69N3O3. The van der Waals surface area contributed by atoms with Crippen molar-refractivity contribution in [1.82, 2.24) is 15.1 Å². The van der Waals surface area contributed by atoms with Gasteiger partial charge in [-0.3, -0.25) is 14.6 Å². The van der Waals surface area contributed by atoms with Gasteiger partial charge in [0.2, 0.25) is 5.91 Å². The lowest BCUT2D eigenvalue weighted by atomic mass is 9.33. The van der Waals surface area contributed by atoms with Crippen LogP contribution < -0.4 is 5.32 Å². The first-order valence-electron chi connectivity index (χ1n) is 22.5. The molecule has 0 unspecified atom stereocenters. The molecule has 2 aliphatic heterocycles. The molecule has 6 heteroatoms. The molecule has 57 heavy (non-hydrogen) atoms. The van der Waals surface area contributed by atoms with Gasteiger partial charge < -0.3 is 10.1 Å². The molecule has 2 aromatic rings. The third-order valence-electron chi connectivity index (χ3n) is 18.7. The summed E-state index contributed by atoms with van der Waals surface area (Å²) in [6.07, 6.45) is 14.4. The van der Waals surface area contributed by atoms with E-state index in [2.05, 4.69) is 112 Å². The maximum absolute atomic E-state index is 14.3. The molecule has 4 saturated carbocycles. The minimum absolute atomic E-state index is 0.0242. The zero-order chi connectivity index (χ0) is 40.1. The van der Waals surface area contributed by atoms with Crippen molar-refractivity contribution < 1.29 is 14.3 Å². The lowest BCUT2D eigenvalue weighted by Gasteiger charge is -2.72. The molecule has 0 radical (unpaired) electrons. The van der Waals surface area contributed by atoms with Crippen molar-refractivity contribution in [3.63, 3.8) is 0 Å². The number of allylic oxidation sites excluding steroid dienone is 3. The van der Waals surface area contributed by atoms with Gasteiger partial charge in [0.15, 0.2) is 0 Å². The van der Waals surface area contributed by atoms with Crippen LogP contribution in [0, 0.1) is 51.2 Å². The number of rotatable bonds is 8. The van der Waals surface area contributed by atoms with Crippen molar-refractivity contribution in [2.45, 2.75) is 130 Å². The Labute approximate surface area is 343 Å². The number of hydrogen-bond donors (Lipinski definition) is 1. The van der Waals surface area contributed by atoms with Gasteiger partial charge in [-0.25, -0.2) is 4.79 Å². The van der Waals surface area contributed by atoms with Gasteiger partial charge in [0, 0.05) is 37.3 Å². The Morgan fingerprint density at radius 3 is 2.23 bits per heavy atom. The van der Waals surface area contributed by atoms with E-state index in [1.54, 1.807) is 0 Å². The number of carbonyl (C=O) groups excluding carboxylic acids is 2. The summed E-state index contributed by atoms with van der Waals surface area (Å²) in [7, 11) is 1.45.